The molecule has 0 aliphatic heterocycles. The molecule has 2 aromatic rings. The van der Waals surface area contributed by atoms with Crippen LogP contribution in [0.3, 0.4) is 0 Å². The molecule has 0 radical (unpaired) electrons. The Bertz CT molecular complexity index is 453. The van der Waals surface area contributed by atoms with Gasteiger partial charge in [0.05, 0.1) is 8.15 Å². The Labute approximate surface area is 97.6 Å². The van der Waals surface area contributed by atoms with Gasteiger partial charge in [0.2, 0.25) is 0 Å². The van der Waals surface area contributed by atoms with Crippen molar-refractivity contribution in [2.75, 3.05) is 0 Å². The van der Waals surface area contributed by atoms with Crippen molar-refractivity contribution in [1.29, 1.82) is 0 Å². The molecule has 0 aliphatic carbocycles. The first-order chi connectivity index (χ1) is 7.81. The van der Waals surface area contributed by atoms with Gasteiger partial charge in [0, 0.05) is 10.6 Å². The molecule has 0 spiro atoms. The Balaban J connectivity index is 2.30. The molecule has 2 aromatic carbocycles. The predicted molar refractivity (Wildman–Crippen MR) is 70.7 cm³/mol. The summed E-state index contributed by atoms with van der Waals surface area (Å²) >= 11 is 0. The lowest BCUT2D eigenvalue weighted by atomic mass is 10.2. The van der Waals surface area contributed by atoms with Crippen LogP contribution in [0, 0.1) is 0 Å². The van der Waals surface area contributed by atoms with Crippen LogP contribution < -0.4 is 10.6 Å². The van der Waals surface area contributed by atoms with E-state index in [-0.39, 0.29) is 0 Å². The van der Waals surface area contributed by atoms with Gasteiger partial charge in [-0.2, -0.15) is 0 Å². The van der Waals surface area contributed by atoms with Crippen LogP contribution in [-0.4, -0.2) is 4.89 Å². The van der Waals surface area contributed by atoms with E-state index in [9.17, 15) is 4.89 Å². The Morgan fingerprint density at radius 2 is 1.62 bits per heavy atom. The fraction of sp³-hybridized carbons (Fsp3) is 0.143. The smallest absolute Gasteiger partial charge is 0.0877 e. The number of aryl methyl sites for hydroxylation is 1. The number of hydrogen-bond donors (Lipinski definition) is 1. The second-order valence-electron chi connectivity index (χ2n) is 3.67. The molecule has 1 atom stereocenters. The minimum absolute atomic E-state index is 1.01. The fourth-order valence-electron chi connectivity index (χ4n) is 1.63. The van der Waals surface area contributed by atoms with E-state index >= 15 is 0 Å². The van der Waals surface area contributed by atoms with Crippen LogP contribution in [0.5, 0.6) is 0 Å². The zero-order chi connectivity index (χ0) is 11.4. The lowest BCUT2D eigenvalue weighted by Crippen LogP contribution is -2.11. The maximum absolute atomic E-state index is 10.3. The van der Waals surface area contributed by atoms with Crippen LogP contribution in [0.2, 0.25) is 0 Å². The molecule has 2 rings (SSSR count). The van der Waals surface area contributed by atoms with Crippen molar-refractivity contribution in [2.45, 2.75) is 13.3 Å². The summed E-state index contributed by atoms with van der Waals surface area (Å²) in [7, 11) is -1.19. The maximum atomic E-state index is 10.3. The standard InChI is InChI=1S/C14H15OP/c1-2-12-7-6-10-14(11-12)16(15)13-8-4-3-5-9-13/h3-11,15H,2H2,1H3. The molecular formula is C14H15OP. The maximum Gasteiger partial charge on any atom is 0.0877 e. The van der Waals surface area contributed by atoms with Gasteiger partial charge in [-0.3, -0.25) is 0 Å². The first-order valence-corrected chi connectivity index (χ1v) is 6.73. The van der Waals surface area contributed by atoms with Gasteiger partial charge in [0.15, 0.2) is 0 Å². The highest BCUT2D eigenvalue weighted by atomic mass is 31.1. The first kappa shape index (κ1) is 11.3. The summed E-state index contributed by atoms with van der Waals surface area (Å²) in [5.41, 5.74) is 1.27. The number of rotatable bonds is 3. The Morgan fingerprint density at radius 3 is 2.31 bits per heavy atom. The van der Waals surface area contributed by atoms with E-state index in [0.717, 1.165) is 17.0 Å². The zero-order valence-electron chi connectivity index (χ0n) is 9.30. The summed E-state index contributed by atoms with van der Waals surface area (Å²) in [6.45, 7) is 2.13. The first-order valence-electron chi connectivity index (χ1n) is 5.44. The van der Waals surface area contributed by atoms with Crippen molar-refractivity contribution < 1.29 is 4.89 Å². The summed E-state index contributed by atoms with van der Waals surface area (Å²) in [6.07, 6.45) is 1.01. The van der Waals surface area contributed by atoms with Crippen LogP contribution in [0.25, 0.3) is 0 Å². The summed E-state index contributed by atoms with van der Waals surface area (Å²) in [5, 5.41) is 2.03. The van der Waals surface area contributed by atoms with Crippen molar-refractivity contribution in [2.24, 2.45) is 0 Å². The van der Waals surface area contributed by atoms with Gasteiger partial charge in [0.1, 0.15) is 0 Å². The molecule has 0 aliphatic rings. The monoisotopic (exact) mass is 230 g/mol. The summed E-state index contributed by atoms with van der Waals surface area (Å²) in [5.74, 6) is 0. The number of hydrogen-bond acceptors (Lipinski definition) is 1. The average molecular weight is 230 g/mol. The molecule has 0 saturated carbocycles. The molecule has 0 bridgehead atoms. The van der Waals surface area contributed by atoms with E-state index < -0.39 is 8.15 Å². The molecule has 0 aromatic heterocycles. The third kappa shape index (κ3) is 2.49. The van der Waals surface area contributed by atoms with Crippen molar-refractivity contribution in [3.63, 3.8) is 0 Å². The molecule has 16 heavy (non-hydrogen) atoms. The van der Waals surface area contributed by atoms with E-state index in [1.807, 2.05) is 42.5 Å². The topological polar surface area (TPSA) is 20.2 Å². The molecule has 1 nitrogen and oxygen atoms in total. The van der Waals surface area contributed by atoms with Gasteiger partial charge < -0.3 is 4.89 Å². The molecular weight excluding hydrogens is 215 g/mol. The summed E-state index contributed by atoms with van der Waals surface area (Å²) in [6, 6.07) is 18.1. The van der Waals surface area contributed by atoms with Crippen LogP contribution >= 0.6 is 8.15 Å². The van der Waals surface area contributed by atoms with Crippen LogP contribution in [-0.2, 0) is 6.42 Å². The molecule has 0 heterocycles. The highest BCUT2D eigenvalue weighted by molar-refractivity contribution is 7.67. The largest absolute Gasteiger partial charge is 0.364 e. The van der Waals surface area contributed by atoms with E-state index in [1.54, 1.807) is 0 Å². The molecule has 1 N–H and O–H groups in total. The van der Waals surface area contributed by atoms with Gasteiger partial charge in [-0.1, -0.05) is 55.5 Å². The minimum Gasteiger partial charge on any atom is -0.364 e. The SMILES string of the molecule is CCc1cccc(P(O)c2ccccc2)c1. The van der Waals surface area contributed by atoms with Gasteiger partial charge in [-0.05, 0) is 18.1 Å². The second-order valence-corrected chi connectivity index (χ2v) is 5.33. The average Bonchev–Trinajstić information content (AvgIpc) is 2.39. The molecule has 0 saturated heterocycles. The minimum atomic E-state index is -1.19. The highest BCUT2D eigenvalue weighted by Crippen LogP contribution is 2.27. The third-order valence-electron chi connectivity index (χ3n) is 2.56. The fourth-order valence-corrected chi connectivity index (χ4v) is 2.89. The van der Waals surface area contributed by atoms with Gasteiger partial charge in [-0.25, -0.2) is 0 Å². The van der Waals surface area contributed by atoms with Gasteiger partial charge in [0.25, 0.3) is 0 Å². The van der Waals surface area contributed by atoms with Crippen LogP contribution in [0.15, 0.2) is 54.6 Å². The van der Waals surface area contributed by atoms with Crippen molar-refractivity contribution >= 4 is 18.8 Å². The van der Waals surface area contributed by atoms with Gasteiger partial charge >= 0.3 is 0 Å². The lowest BCUT2D eigenvalue weighted by Gasteiger charge is -2.11. The van der Waals surface area contributed by atoms with Gasteiger partial charge in [-0.15, -0.1) is 0 Å². The number of benzene rings is 2. The molecule has 0 fully saturated rings. The van der Waals surface area contributed by atoms with E-state index in [2.05, 4.69) is 19.1 Å². The predicted octanol–water partition coefficient (Wildman–Crippen LogP) is 2.59. The van der Waals surface area contributed by atoms with E-state index in [0.29, 0.717) is 0 Å². The Kier molecular flexibility index (Phi) is 3.71. The van der Waals surface area contributed by atoms with E-state index in [1.165, 1.54) is 5.56 Å². The second kappa shape index (κ2) is 5.25. The molecule has 0 amide bonds. The molecule has 82 valence electrons. The van der Waals surface area contributed by atoms with Crippen molar-refractivity contribution in [3.8, 4) is 0 Å². The third-order valence-corrected chi connectivity index (χ3v) is 4.12. The van der Waals surface area contributed by atoms with Crippen LogP contribution in [0.4, 0.5) is 0 Å². The zero-order valence-corrected chi connectivity index (χ0v) is 10.2. The van der Waals surface area contributed by atoms with Crippen molar-refractivity contribution in [3.05, 3.63) is 60.2 Å². The normalized spacial score (nSPS) is 12.4. The van der Waals surface area contributed by atoms with E-state index in [4.69, 9.17) is 0 Å². The van der Waals surface area contributed by atoms with Crippen molar-refractivity contribution in [1.82, 2.24) is 0 Å². The summed E-state index contributed by atoms with van der Waals surface area (Å²) < 4.78 is 0. The summed E-state index contributed by atoms with van der Waals surface area (Å²) in [4.78, 5) is 10.3. The lowest BCUT2D eigenvalue weighted by molar-refractivity contribution is 0.644. The highest BCUT2D eigenvalue weighted by Gasteiger charge is 2.09. The molecule has 1 unspecified atom stereocenters. The Hall–Kier alpha value is -1.17. The van der Waals surface area contributed by atoms with Crippen LogP contribution in [0.1, 0.15) is 12.5 Å². The molecule has 2 heteroatoms. The Morgan fingerprint density at radius 1 is 0.938 bits per heavy atom. The quantitative estimate of drug-likeness (QED) is 0.803.